The Morgan fingerprint density at radius 3 is 2.10 bits per heavy atom. The van der Waals surface area contributed by atoms with E-state index in [9.17, 15) is 18.0 Å². The van der Waals surface area contributed by atoms with Crippen LogP contribution in [0.4, 0.5) is 0 Å². The minimum Gasteiger partial charge on any atom is -0.468 e. The van der Waals surface area contributed by atoms with E-state index in [2.05, 4.69) is 25.4 Å². The Morgan fingerprint density at radius 2 is 1.67 bits per heavy atom. The van der Waals surface area contributed by atoms with Gasteiger partial charge in [0.05, 0.1) is 19.1 Å². The fourth-order valence-corrected chi connectivity index (χ4v) is 3.35. The van der Waals surface area contributed by atoms with Gasteiger partial charge in [-0.05, 0) is 18.2 Å². The molecule has 0 heterocycles. The van der Waals surface area contributed by atoms with Gasteiger partial charge in [-0.15, -0.1) is 0 Å². The van der Waals surface area contributed by atoms with Crippen molar-refractivity contribution in [3.8, 4) is 0 Å². The lowest BCUT2D eigenvalue weighted by Gasteiger charge is -2.19. The number of benzene rings is 1. The summed E-state index contributed by atoms with van der Waals surface area (Å²) in [6, 6.07) is 5.92. The maximum absolute atomic E-state index is 12.5. The van der Waals surface area contributed by atoms with Crippen LogP contribution in [0, 0.1) is 0 Å². The molecule has 0 fully saturated rings. The second-order valence-electron chi connectivity index (χ2n) is 3.88. The Morgan fingerprint density at radius 1 is 1.14 bits per heavy atom. The molecule has 0 radical (unpaired) electrons. The van der Waals surface area contributed by atoms with Crippen molar-refractivity contribution in [1.29, 1.82) is 0 Å². The molecule has 21 heavy (non-hydrogen) atoms. The predicted octanol–water partition coefficient (Wildman–Crippen LogP) is 0.786. The van der Waals surface area contributed by atoms with Crippen LogP contribution in [0.15, 0.2) is 33.6 Å². The largest absolute Gasteiger partial charge is 0.468 e. The monoisotopic (exact) mass is 379 g/mol. The summed E-state index contributed by atoms with van der Waals surface area (Å²) in [5.41, 5.74) is 0. The van der Waals surface area contributed by atoms with Gasteiger partial charge in [-0.3, -0.25) is 9.59 Å². The highest BCUT2D eigenvalue weighted by Gasteiger charge is 2.29. The maximum Gasteiger partial charge on any atom is 0.321 e. The molecule has 0 unspecified atom stereocenters. The number of esters is 2. The van der Waals surface area contributed by atoms with Crippen molar-refractivity contribution in [2.45, 2.75) is 4.90 Å². The summed E-state index contributed by atoms with van der Waals surface area (Å²) in [6.45, 7) is -1.17. The third-order valence-electron chi connectivity index (χ3n) is 2.50. The normalized spacial score (nSPS) is 11.2. The molecule has 0 N–H and O–H groups in total. The number of rotatable bonds is 6. The van der Waals surface area contributed by atoms with Gasteiger partial charge in [0.2, 0.25) is 10.0 Å². The van der Waals surface area contributed by atoms with Crippen molar-refractivity contribution in [2.75, 3.05) is 27.3 Å². The first-order valence-corrected chi connectivity index (χ1v) is 7.94. The second kappa shape index (κ2) is 7.53. The molecule has 116 valence electrons. The average molecular weight is 380 g/mol. The third-order valence-corrected chi connectivity index (χ3v) is 4.78. The number of carbonyl (C=O) groups excluding carboxylic acids is 2. The van der Waals surface area contributed by atoms with Crippen molar-refractivity contribution in [2.24, 2.45) is 0 Å². The smallest absolute Gasteiger partial charge is 0.321 e. The van der Waals surface area contributed by atoms with Crippen LogP contribution in [0.1, 0.15) is 0 Å². The van der Waals surface area contributed by atoms with Crippen molar-refractivity contribution in [3.05, 3.63) is 28.7 Å². The first-order chi connectivity index (χ1) is 9.81. The van der Waals surface area contributed by atoms with E-state index in [1.165, 1.54) is 18.2 Å². The molecule has 0 saturated heterocycles. The number of hydrogen-bond donors (Lipinski definition) is 0. The Balaban J connectivity index is 3.16. The van der Waals surface area contributed by atoms with Crippen LogP contribution >= 0.6 is 15.9 Å². The summed E-state index contributed by atoms with van der Waals surface area (Å²) in [4.78, 5) is 22.6. The highest BCUT2D eigenvalue weighted by atomic mass is 79.9. The topological polar surface area (TPSA) is 90.0 Å². The highest BCUT2D eigenvalue weighted by Crippen LogP contribution is 2.20. The van der Waals surface area contributed by atoms with Gasteiger partial charge in [0, 0.05) is 4.47 Å². The number of ether oxygens (including phenoxy) is 2. The molecule has 0 bridgehead atoms. The molecule has 1 rings (SSSR count). The van der Waals surface area contributed by atoms with Gasteiger partial charge in [0.1, 0.15) is 13.1 Å². The number of hydrogen-bond acceptors (Lipinski definition) is 6. The van der Waals surface area contributed by atoms with Crippen molar-refractivity contribution >= 4 is 37.9 Å². The standard InChI is InChI=1S/C12H14BrNO6S/c1-19-11(15)7-14(8-12(16)20-2)21(17,18)10-5-3-4-9(13)6-10/h3-6H,7-8H2,1-2H3. The number of methoxy groups -OCH3 is 2. The lowest BCUT2D eigenvalue weighted by Crippen LogP contribution is -2.40. The van der Waals surface area contributed by atoms with Crippen LogP contribution in [-0.2, 0) is 29.1 Å². The Kier molecular flexibility index (Phi) is 6.31. The molecular weight excluding hydrogens is 366 g/mol. The summed E-state index contributed by atoms with van der Waals surface area (Å²) in [6.07, 6.45) is 0. The highest BCUT2D eigenvalue weighted by molar-refractivity contribution is 9.10. The molecule has 0 saturated carbocycles. The maximum atomic E-state index is 12.5. The van der Waals surface area contributed by atoms with E-state index in [4.69, 9.17) is 0 Å². The molecule has 0 atom stereocenters. The van der Waals surface area contributed by atoms with E-state index in [1.807, 2.05) is 0 Å². The van der Waals surface area contributed by atoms with E-state index in [1.54, 1.807) is 6.07 Å². The molecule has 0 aliphatic rings. The summed E-state index contributed by atoms with van der Waals surface area (Å²) in [7, 11) is -1.77. The van der Waals surface area contributed by atoms with Crippen LogP contribution < -0.4 is 0 Å². The fraction of sp³-hybridized carbons (Fsp3) is 0.333. The Bertz CT molecular complexity index is 612. The first kappa shape index (κ1) is 17.6. The van der Waals surface area contributed by atoms with Crippen LogP contribution in [-0.4, -0.2) is 52.0 Å². The number of nitrogens with zero attached hydrogens (tertiary/aromatic N) is 1. The summed E-state index contributed by atoms with van der Waals surface area (Å²) in [5, 5.41) is 0. The molecular formula is C12H14BrNO6S. The average Bonchev–Trinajstić information content (AvgIpc) is 2.46. The predicted molar refractivity (Wildman–Crippen MR) is 76.9 cm³/mol. The third kappa shape index (κ3) is 4.80. The van der Waals surface area contributed by atoms with Gasteiger partial charge in [-0.25, -0.2) is 8.42 Å². The number of sulfonamides is 1. The van der Waals surface area contributed by atoms with E-state index < -0.39 is 35.1 Å². The minimum atomic E-state index is -4.03. The quantitative estimate of drug-likeness (QED) is 0.678. The van der Waals surface area contributed by atoms with Gasteiger partial charge in [0.25, 0.3) is 0 Å². The van der Waals surface area contributed by atoms with Gasteiger partial charge < -0.3 is 9.47 Å². The second-order valence-corrected chi connectivity index (χ2v) is 6.74. The van der Waals surface area contributed by atoms with Crippen molar-refractivity contribution < 1.29 is 27.5 Å². The molecule has 0 aliphatic carbocycles. The summed E-state index contributed by atoms with van der Waals surface area (Å²) in [5.74, 6) is -1.56. The molecule has 7 nitrogen and oxygen atoms in total. The summed E-state index contributed by atoms with van der Waals surface area (Å²) < 4.78 is 35.1. The van der Waals surface area contributed by atoms with Gasteiger partial charge in [0.15, 0.2) is 0 Å². The first-order valence-electron chi connectivity index (χ1n) is 5.70. The minimum absolute atomic E-state index is 0.0512. The number of carbonyl (C=O) groups is 2. The van der Waals surface area contributed by atoms with Crippen LogP contribution in [0.3, 0.4) is 0 Å². The number of halogens is 1. The lowest BCUT2D eigenvalue weighted by molar-refractivity contribution is -0.143. The van der Waals surface area contributed by atoms with E-state index >= 15 is 0 Å². The summed E-state index contributed by atoms with van der Waals surface area (Å²) >= 11 is 3.17. The van der Waals surface area contributed by atoms with E-state index in [-0.39, 0.29) is 4.90 Å². The molecule has 0 amide bonds. The zero-order valence-electron chi connectivity index (χ0n) is 11.4. The molecule has 1 aromatic carbocycles. The lowest BCUT2D eigenvalue weighted by atomic mass is 10.4. The van der Waals surface area contributed by atoms with Crippen LogP contribution in [0.25, 0.3) is 0 Å². The Hall–Kier alpha value is -1.45. The Labute approximate surface area is 131 Å². The molecule has 0 aliphatic heterocycles. The van der Waals surface area contributed by atoms with Gasteiger partial charge in [-0.1, -0.05) is 22.0 Å². The van der Waals surface area contributed by atoms with Crippen molar-refractivity contribution in [1.82, 2.24) is 4.31 Å². The zero-order valence-corrected chi connectivity index (χ0v) is 13.8. The van der Waals surface area contributed by atoms with E-state index in [0.29, 0.717) is 8.78 Å². The van der Waals surface area contributed by atoms with Gasteiger partial charge >= 0.3 is 11.9 Å². The van der Waals surface area contributed by atoms with Crippen molar-refractivity contribution in [3.63, 3.8) is 0 Å². The molecule has 0 aromatic heterocycles. The van der Waals surface area contributed by atoms with Crippen LogP contribution in [0.5, 0.6) is 0 Å². The SMILES string of the molecule is COC(=O)CN(CC(=O)OC)S(=O)(=O)c1cccc(Br)c1. The molecule has 0 spiro atoms. The van der Waals surface area contributed by atoms with Gasteiger partial charge in [-0.2, -0.15) is 4.31 Å². The van der Waals surface area contributed by atoms with Crippen LogP contribution in [0.2, 0.25) is 0 Å². The van der Waals surface area contributed by atoms with E-state index in [0.717, 1.165) is 14.2 Å². The molecule has 9 heteroatoms. The zero-order chi connectivity index (χ0) is 16.0. The fourth-order valence-electron chi connectivity index (χ4n) is 1.42. The molecule has 1 aromatic rings.